The predicted octanol–water partition coefficient (Wildman–Crippen LogP) is 5.49. The maximum atomic E-state index is 13.2. The number of phenolic OH excluding ortho intramolecular Hbond substituents is 1. The number of nitrogens with zero attached hydrogens (tertiary/aromatic N) is 1. The van der Waals surface area contributed by atoms with Gasteiger partial charge in [-0.25, -0.2) is 4.79 Å². The number of carboxylic acids is 1. The van der Waals surface area contributed by atoms with Gasteiger partial charge in [0.1, 0.15) is 11.6 Å². The van der Waals surface area contributed by atoms with E-state index in [-0.39, 0.29) is 63.5 Å². The molecule has 0 saturated heterocycles. The van der Waals surface area contributed by atoms with E-state index in [9.17, 15) is 49.3 Å². The standard InChI is InChI=1S/C41H40N6O11/c1-57-34-29(18-16-27(32(34)48)39(53)46-30-19-17-28(41(55)56)33(49)35(30)58-2)45-37(51)23-10-14-26(15-11-23)44-40(54)31(20-21-42)47-38(52)24-8-12-25(13-9-24)43-36(50)22-6-4-3-5-7-22/h8-19,22,31,48-49H,3-7,20H2,1-2H3,(H,43,50)(H,44,54)(H,45,51)(H,46,53)(H,47,52)(H,55,56). The molecule has 0 bridgehead atoms. The average molecular weight is 793 g/mol. The number of hydrogen-bond donors (Lipinski definition) is 8. The summed E-state index contributed by atoms with van der Waals surface area (Å²) in [6.45, 7) is 0. The highest BCUT2D eigenvalue weighted by molar-refractivity contribution is 6.10. The zero-order chi connectivity index (χ0) is 41.9. The summed E-state index contributed by atoms with van der Waals surface area (Å²) in [5.74, 6) is -6.26. The summed E-state index contributed by atoms with van der Waals surface area (Å²) in [7, 11) is 2.37. The van der Waals surface area contributed by atoms with E-state index in [1.807, 2.05) is 6.07 Å². The van der Waals surface area contributed by atoms with E-state index >= 15 is 0 Å². The molecule has 1 saturated carbocycles. The maximum absolute atomic E-state index is 13.2. The van der Waals surface area contributed by atoms with Crippen molar-refractivity contribution in [2.24, 2.45) is 5.92 Å². The molecular formula is C41H40N6O11. The minimum absolute atomic E-state index is 0.00566. The molecule has 300 valence electrons. The van der Waals surface area contributed by atoms with Gasteiger partial charge in [0.2, 0.25) is 11.8 Å². The second kappa shape index (κ2) is 18.8. The number of anilines is 4. The number of hydrogen-bond acceptors (Lipinski definition) is 11. The number of nitrogens with one attached hydrogen (secondary N) is 5. The third kappa shape index (κ3) is 9.78. The number of aromatic carboxylic acids is 1. The number of aromatic hydroxyl groups is 2. The highest BCUT2D eigenvalue weighted by atomic mass is 16.5. The van der Waals surface area contributed by atoms with Gasteiger partial charge in [-0.3, -0.25) is 24.0 Å². The molecule has 0 radical (unpaired) electrons. The first-order valence-electron chi connectivity index (χ1n) is 18.0. The number of nitriles is 1. The molecule has 58 heavy (non-hydrogen) atoms. The number of carbonyl (C=O) groups excluding carboxylic acids is 5. The van der Waals surface area contributed by atoms with Gasteiger partial charge in [-0.15, -0.1) is 0 Å². The van der Waals surface area contributed by atoms with Gasteiger partial charge >= 0.3 is 5.97 Å². The van der Waals surface area contributed by atoms with Crippen molar-refractivity contribution in [3.63, 3.8) is 0 Å². The second-order valence-electron chi connectivity index (χ2n) is 13.2. The highest BCUT2D eigenvalue weighted by Crippen LogP contribution is 2.40. The SMILES string of the molecule is COc1c(NC(=O)c2ccc(NC(=O)c3ccc(NC(=O)C(CC#N)NC(=O)c4ccc(NC(=O)C5CCCCC5)cc4)cc3)c(OC)c2O)ccc(C(=O)O)c1O. The number of ether oxygens (including phenoxy) is 2. The van der Waals surface area contributed by atoms with Crippen molar-refractivity contribution in [1.29, 1.82) is 5.26 Å². The normalized spacial score (nSPS) is 12.8. The molecule has 0 heterocycles. The highest BCUT2D eigenvalue weighted by Gasteiger charge is 2.25. The number of carboxylic acid groups (broad SMARTS) is 1. The summed E-state index contributed by atoms with van der Waals surface area (Å²) >= 11 is 0. The molecule has 4 aromatic carbocycles. The van der Waals surface area contributed by atoms with E-state index in [4.69, 9.17) is 9.47 Å². The fraction of sp³-hybridized carbons (Fsp3) is 0.244. The van der Waals surface area contributed by atoms with Gasteiger partial charge in [0, 0.05) is 28.4 Å². The lowest BCUT2D eigenvalue weighted by Gasteiger charge is -2.20. The molecule has 1 atom stereocenters. The molecule has 8 N–H and O–H groups in total. The molecule has 0 spiro atoms. The van der Waals surface area contributed by atoms with E-state index in [2.05, 4.69) is 26.6 Å². The van der Waals surface area contributed by atoms with Gasteiger partial charge in [0.05, 0.1) is 43.6 Å². The van der Waals surface area contributed by atoms with Crippen LogP contribution in [0.4, 0.5) is 22.7 Å². The van der Waals surface area contributed by atoms with Crippen molar-refractivity contribution >= 4 is 58.3 Å². The van der Waals surface area contributed by atoms with E-state index in [0.717, 1.165) is 45.3 Å². The summed E-state index contributed by atoms with van der Waals surface area (Å²) in [6, 6.07) is 17.3. The average Bonchev–Trinajstić information content (AvgIpc) is 3.21. The minimum atomic E-state index is -1.42. The van der Waals surface area contributed by atoms with Crippen molar-refractivity contribution in [2.45, 2.75) is 44.6 Å². The van der Waals surface area contributed by atoms with Crippen molar-refractivity contribution in [2.75, 3.05) is 35.5 Å². The molecule has 4 aromatic rings. The summed E-state index contributed by atoms with van der Waals surface area (Å²) < 4.78 is 10.3. The summed E-state index contributed by atoms with van der Waals surface area (Å²) in [6.07, 6.45) is 4.53. The second-order valence-corrected chi connectivity index (χ2v) is 13.2. The molecule has 0 aliphatic heterocycles. The fourth-order valence-corrected chi connectivity index (χ4v) is 6.28. The van der Waals surface area contributed by atoms with Crippen molar-refractivity contribution < 1.29 is 53.6 Å². The lowest BCUT2D eigenvalue weighted by atomic mass is 9.88. The molecule has 5 rings (SSSR count). The molecule has 17 nitrogen and oxygen atoms in total. The molecule has 1 aliphatic carbocycles. The minimum Gasteiger partial charge on any atom is -0.504 e. The Morgan fingerprint density at radius 3 is 1.71 bits per heavy atom. The van der Waals surface area contributed by atoms with Crippen LogP contribution in [0.3, 0.4) is 0 Å². The molecule has 17 heteroatoms. The molecule has 1 aliphatic rings. The lowest BCUT2D eigenvalue weighted by Crippen LogP contribution is -2.43. The van der Waals surface area contributed by atoms with E-state index in [0.29, 0.717) is 5.69 Å². The van der Waals surface area contributed by atoms with Crippen LogP contribution in [-0.2, 0) is 9.59 Å². The lowest BCUT2D eigenvalue weighted by molar-refractivity contribution is -0.120. The summed E-state index contributed by atoms with van der Waals surface area (Å²) in [5.41, 5.74) is 0.293. The number of amides is 5. The van der Waals surface area contributed by atoms with Crippen LogP contribution in [-0.4, -0.2) is 71.1 Å². The number of phenols is 2. The Kier molecular flexibility index (Phi) is 13.5. The summed E-state index contributed by atoms with van der Waals surface area (Å²) in [4.78, 5) is 76.3. The molecule has 0 aromatic heterocycles. The first kappa shape index (κ1) is 41.6. The first-order chi connectivity index (χ1) is 27.8. The van der Waals surface area contributed by atoms with Gasteiger partial charge in [-0.2, -0.15) is 5.26 Å². The maximum Gasteiger partial charge on any atom is 0.339 e. The fourth-order valence-electron chi connectivity index (χ4n) is 6.28. The van der Waals surface area contributed by atoms with Crippen LogP contribution in [0, 0.1) is 17.2 Å². The van der Waals surface area contributed by atoms with E-state index in [1.54, 1.807) is 12.1 Å². The Labute approximate surface area is 332 Å². The Hall–Kier alpha value is -7.61. The van der Waals surface area contributed by atoms with E-state index in [1.165, 1.54) is 61.7 Å². The quantitative estimate of drug-likeness (QED) is 0.0788. The van der Waals surface area contributed by atoms with Crippen LogP contribution >= 0.6 is 0 Å². The molecule has 5 amide bonds. The number of methoxy groups -OCH3 is 2. The third-order valence-electron chi connectivity index (χ3n) is 9.37. The number of benzene rings is 4. The third-order valence-corrected chi connectivity index (χ3v) is 9.37. The zero-order valence-corrected chi connectivity index (χ0v) is 31.4. The van der Waals surface area contributed by atoms with Crippen molar-refractivity contribution in [1.82, 2.24) is 5.32 Å². The van der Waals surface area contributed by atoms with Crippen LogP contribution in [0.25, 0.3) is 0 Å². The van der Waals surface area contributed by atoms with Gasteiger partial charge in [0.25, 0.3) is 17.7 Å². The van der Waals surface area contributed by atoms with Crippen LogP contribution < -0.4 is 36.1 Å². The summed E-state index contributed by atoms with van der Waals surface area (Å²) in [5, 5.41) is 52.8. The Morgan fingerprint density at radius 1 is 0.672 bits per heavy atom. The van der Waals surface area contributed by atoms with Gasteiger partial charge in [-0.05, 0) is 85.6 Å². The number of rotatable bonds is 14. The Balaban J connectivity index is 1.19. The van der Waals surface area contributed by atoms with Gasteiger partial charge in [-0.1, -0.05) is 19.3 Å². The van der Waals surface area contributed by atoms with E-state index < -0.39 is 52.7 Å². The monoisotopic (exact) mass is 792 g/mol. The molecular weight excluding hydrogens is 752 g/mol. The van der Waals surface area contributed by atoms with Crippen LogP contribution in [0.1, 0.15) is 80.0 Å². The van der Waals surface area contributed by atoms with Crippen LogP contribution in [0.5, 0.6) is 23.0 Å². The first-order valence-corrected chi connectivity index (χ1v) is 18.0. The molecule has 1 fully saturated rings. The Bertz CT molecular complexity index is 2260. The smallest absolute Gasteiger partial charge is 0.339 e. The van der Waals surface area contributed by atoms with Gasteiger partial charge in [0.15, 0.2) is 23.0 Å². The molecule has 1 unspecified atom stereocenters. The number of carbonyl (C=O) groups is 6. The largest absolute Gasteiger partial charge is 0.504 e. The topological polar surface area (TPSA) is 266 Å². The van der Waals surface area contributed by atoms with Crippen molar-refractivity contribution in [3.8, 4) is 29.1 Å². The zero-order valence-electron chi connectivity index (χ0n) is 31.4. The Morgan fingerprint density at radius 2 is 1.17 bits per heavy atom. The van der Waals surface area contributed by atoms with Crippen LogP contribution in [0.2, 0.25) is 0 Å². The van der Waals surface area contributed by atoms with Gasteiger partial charge < -0.3 is 51.4 Å². The van der Waals surface area contributed by atoms with Crippen LogP contribution in [0.15, 0.2) is 72.8 Å². The predicted molar refractivity (Wildman–Crippen MR) is 210 cm³/mol. The van der Waals surface area contributed by atoms with Crippen molar-refractivity contribution in [3.05, 3.63) is 95.1 Å².